The van der Waals surface area contributed by atoms with Crippen molar-refractivity contribution < 1.29 is 68.8 Å². The van der Waals surface area contributed by atoms with Gasteiger partial charge in [0.25, 0.3) is 0 Å². The van der Waals surface area contributed by atoms with Crippen molar-refractivity contribution in [1.29, 1.82) is 0 Å². The van der Waals surface area contributed by atoms with Crippen LogP contribution in [0.1, 0.15) is 74.8 Å². The quantitative estimate of drug-likeness (QED) is 0.177. The van der Waals surface area contributed by atoms with Crippen molar-refractivity contribution in [3.63, 3.8) is 0 Å². The Bertz CT molecular complexity index is 1270. The van der Waals surface area contributed by atoms with Gasteiger partial charge in [-0.15, -0.1) is 0 Å². The van der Waals surface area contributed by atoms with E-state index in [4.69, 9.17) is 28.4 Å². The topological polar surface area (TPSA) is 136 Å². The smallest absolute Gasteiger partial charge is 0.464 e. The Hall–Kier alpha value is -3.07. The molecule has 1 amide bonds. The van der Waals surface area contributed by atoms with Crippen LogP contribution in [0.5, 0.6) is 11.5 Å². The highest BCUT2D eigenvalue weighted by Gasteiger charge is 2.33. The maximum absolute atomic E-state index is 13.0. The average Bonchev–Trinajstić information content (AvgIpc) is 3.30. The number of carbonyl (C=O) groups is 4. The van der Waals surface area contributed by atoms with E-state index >= 15 is 0 Å². The molecule has 0 spiro atoms. The molecule has 1 heterocycles. The number of halogens is 1. The molecule has 0 aliphatic rings. The number of amides is 1. The molecule has 0 aliphatic carbocycles. The minimum atomic E-state index is -1.13. The van der Waals surface area contributed by atoms with E-state index in [0.717, 1.165) is 6.45 Å². The summed E-state index contributed by atoms with van der Waals surface area (Å²) in [6, 6.07) is 5.84. The number of ether oxygens (including phenoxy) is 6. The molecule has 2 rings (SSSR count). The van der Waals surface area contributed by atoms with Crippen LogP contribution in [-0.2, 0) is 30.2 Å². The molecule has 238 valence electrons. The first-order chi connectivity index (χ1) is 19.7. The Morgan fingerprint density at radius 1 is 0.837 bits per heavy atom. The average molecular weight is 735 g/mol. The largest absolute Gasteiger partial charge is 0.514 e. The van der Waals surface area contributed by atoms with Crippen molar-refractivity contribution in [3.8, 4) is 11.5 Å². The van der Waals surface area contributed by atoms with Crippen LogP contribution in [0.2, 0.25) is 0 Å². The summed E-state index contributed by atoms with van der Waals surface area (Å²) in [7, 11) is 0. The molecular weight excluding hydrogens is 693 g/mol. The molecule has 0 unspecified atom stereocenters. The van der Waals surface area contributed by atoms with E-state index < -0.39 is 68.4 Å². The number of esters is 1. The van der Waals surface area contributed by atoms with Gasteiger partial charge in [0.05, 0.1) is 6.61 Å². The number of hydrogen-bond acceptors (Lipinski definition) is 11. The molecule has 13 heteroatoms. The summed E-state index contributed by atoms with van der Waals surface area (Å²) in [5.41, 5.74) is -1.93. The van der Waals surface area contributed by atoms with E-state index in [0.29, 0.717) is 5.56 Å². The van der Waals surface area contributed by atoms with Gasteiger partial charge in [-0.3, -0.25) is 0 Å². The Morgan fingerprint density at radius 2 is 1.37 bits per heavy atom. The molecule has 0 radical (unpaired) electrons. The van der Waals surface area contributed by atoms with E-state index in [1.165, 1.54) is 6.07 Å². The normalized spacial score (nSPS) is 12.5. The molecule has 1 aromatic heterocycles. The zero-order valence-corrected chi connectivity index (χ0v) is 29.2. The molecule has 1 atom stereocenters. The summed E-state index contributed by atoms with van der Waals surface area (Å²) < 4.78 is 34.1. The highest BCUT2D eigenvalue weighted by Crippen LogP contribution is 2.31. The Labute approximate surface area is 267 Å². The third-order valence-corrected chi connectivity index (χ3v) is 9.06. The highest BCUT2D eigenvalue weighted by molar-refractivity contribution is 7.07. The number of thiophene rings is 1. The molecule has 0 saturated carbocycles. The first-order valence-electron chi connectivity index (χ1n) is 13.6. The van der Waals surface area contributed by atoms with Gasteiger partial charge in [-0.05, 0) is 86.8 Å². The van der Waals surface area contributed by atoms with Gasteiger partial charge >= 0.3 is 45.6 Å². The first kappa shape index (κ1) is 36.1. The maximum Gasteiger partial charge on any atom is 0.514 e. The Balaban J connectivity index is 2.62. The summed E-state index contributed by atoms with van der Waals surface area (Å²) in [5, 5.41) is 4.54. The fourth-order valence-corrected chi connectivity index (χ4v) is 7.21. The second kappa shape index (κ2) is 15.1. The lowest BCUT2D eigenvalue weighted by Crippen LogP contribution is -3.61. The number of alkyl carbamates (subject to hydrolysis) is 1. The van der Waals surface area contributed by atoms with Crippen molar-refractivity contribution in [3.05, 3.63) is 41.7 Å². The van der Waals surface area contributed by atoms with Gasteiger partial charge in [0.2, 0.25) is 6.45 Å². The summed E-state index contributed by atoms with van der Waals surface area (Å²) >= 11 is 0.688. The minimum absolute atomic E-state index is 0.0318. The van der Waals surface area contributed by atoms with Crippen LogP contribution >= 0.6 is 11.3 Å². The van der Waals surface area contributed by atoms with Crippen molar-refractivity contribution in [1.82, 2.24) is 5.32 Å². The van der Waals surface area contributed by atoms with Gasteiger partial charge < -0.3 is 33.7 Å². The zero-order chi connectivity index (χ0) is 32.6. The predicted octanol–water partition coefficient (Wildman–Crippen LogP) is 3.50. The lowest BCUT2D eigenvalue weighted by atomic mass is 10.1. The number of benzene rings is 1. The molecule has 1 N–H and O–H groups in total. The number of rotatable bonds is 9. The monoisotopic (exact) mass is 734 g/mol. The lowest BCUT2D eigenvalue weighted by molar-refractivity contribution is -0.592. The van der Waals surface area contributed by atoms with Gasteiger partial charge in [0.1, 0.15) is 22.8 Å². The summed E-state index contributed by atoms with van der Waals surface area (Å²) in [5.74, 6) is -0.867. The van der Waals surface area contributed by atoms with Crippen LogP contribution in [0.4, 0.5) is 14.4 Å². The van der Waals surface area contributed by atoms with Gasteiger partial charge in [0, 0.05) is 24.1 Å². The van der Waals surface area contributed by atoms with Crippen LogP contribution in [-0.4, -0.2) is 53.8 Å². The molecule has 0 fully saturated rings. The van der Waals surface area contributed by atoms with Crippen molar-refractivity contribution in [2.45, 2.75) is 98.5 Å². The summed E-state index contributed by atoms with van der Waals surface area (Å²) in [4.78, 5) is 51.0. The molecule has 11 nitrogen and oxygen atoms in total. The Kier molecular flexibility index (Phi) is 12.7. The van der Waals surface area contributed by atoms with E-state index in [2.05, 4.69) is 5.32 Å². The molecule has 0 aliphatic heterocycles. The van der Waals surface area contributed by atoms with Gasteiger partial charge in [-0.25, -0.2) is 19.2 Å². The van der Waals surface area contributed by atoms with E-state index in [1.54, 1.807) is 86.6 Å². The van der Waals surface area contributed by atoms with Crippen LogP contribution in [0, 0.1) is 6.45 Å². The second-order valence-corrected chi connectivity index (χ2v) is 16.7. The van der Waals surface area contributed by atoms with Gasteiger partial charge in [-0.2, -0.15) is 0 Å². The highest BCUT2D eigenvalue weighted by atomic mass is 127. The summed E-state index contributed by atoms with van der Waals surface area (Å²) in [6.45, 7) is 17.0. The minimum Gasteiger partial charge on any atom is -0.464 e. The summed E-state index contributed by atoms with van der Waals surface area (Å²) in [6.07, 6.45) is -2.85. The molecule has 0 bridgehead atoms. The molecule has 1 aromatic carbocycles. The second-order valence-electron chi connectivity index (χ2n) is 12.2. The maximum atomic E-state index is 13.0. The first-order valence-corrected chi connectivity index (χ1v) is 16.6. The number of nitrogens with one attached hydrogen (secondary N) is 1. The van der Waals surface area contributed by atoms with Gasteiger partial charge in [-0.1, -0.05) is 11.3 Å². The third-order valence-electron chi connectivity index (χ3n) is 4.65. The van der Waals surface area contributed by atoms with Crippen molar-refractivity contribution in [2.24, 2.45) is 0 Å². The molecule has 43 heavy (non-hydrogen) atoms. The van der Waals surface area contributed by atoms with Crippen LogP contribution in [0.25, 0.3) is 0 Å². The van der Waals surface area contributed by atoms with Crippen LogP contribution in [0.15, 0.2) is 29.6 Å². The molecular formula is C30H41INO10S+. The fourth-order valence-electron chi connectivity index (χ4n) is 3.22. The van der Waals surface area contributed by atoms with Gasteiger partial charge in [0.15, 0.2) is 11.5 Å². The third kappa shape index (κ3) is 13.8. The number of hydrogen-bond donors (Lipinski definition) is 1. The standard InChI is InChI=1S/C30H40INO10S/c1-11-37-24(33)20(32-25(34)40-28(2,3)4)15-18-16-21(38-26(35)41-29(5,6)7)22(39-27(36)42-30(8,9)10)17-19(18)31-23-13-12-14-43-23/h12-14,16-17,20H,11,15H2,1-10H3/p+1/t20-/m0/s1. The Morgan fingerprint density at radius 3 is 1.84 bits per heavy atom. The van der Waals surface area contributed by atoms with E-state index in [1.807, 2.05) is 17.5 Å². The predicted molar refractivity (Wildman–Crippen MR) is 155 cm³/mol. The molecule has 2 aromatic rings. The van der Waals surface area contributed by atoms with E-state index in [-0.39, 0.29) is 24.5 Å². The zero-order valence-electron chi connectivity index (χ0n) is 26.2. The van der Waals surface area contributed by atoms with Crippen molar-refractivity contribution >= 4 is 35.7 Å². The van der Waals surface area contributed by atoms with E-state index in [9.17, 15) is 19.2 Å². The van der Waals surface area contributed by atoms with Crippen LogP contribution in [0.3, 0.4) is 0 Å². The van der Waals surface area contributed by atoms with Crippen LogP contribution < -0.4 is 36.0 Å². The lowest BCUT2D eigenvalue weighted by Gasteiger charge is -2.23. The fraction of sp³-hybridized carbons (Fsp3) is 0.533. The molecule has 0 saturated heterocycles. The number of carbonyl (C=O) groups excluding carboxylic acids is 4. The van der Waals surface area contributed by atoms with Crippen molar-refractivity contribution in [2.75, 3.05) is 6.61 Å². The SMILES string of the molecule is CCOC(=O)[C@H](Cc1cc(OC(=O)OC(C)(C)C)c(OC(=O)OC(C)(C)C)cc1[I+]c1cccs1)NC(=O)OC(C)(C)C.